The van der Waals surface area contributed by atoms with Crippen molar-refractivity contribution in [3.8, 4) is 0 Å². The van der Waals surface area contributed by atoms with E-state index >= 15 is 0 Å². The molecule has 28 heavy (non-hydrogen) atoms. The van der Waals surface area contributed by atoms with Gasteiger partial charge in [0.1, 0.15) is 6.61 Å². The SMILES string of the molecule is Cn1cc(C(=O)NC[C@H]2CN(CC3CCN(CC4CC4)CC3)C(=O)CO2)cn1. The van der Waals surface area contributed by atoms with E-state index in [-0.39, 0.29) is 24.5 Å². The van der Waals surface area contributed by atoms with Crippen molar-refractivity contribution in [3.05, 3.63) is 18.0 Å². The maximum absolute atomic E-state index is 12.3. The van der Waals surface area contributed by atoms with E-state index in [1.54, 1.807) is 24.1 Å². The molecule has 0 aromatic carbocycles. The van der Waals surface area contributed by atoms with Crippen molar-refractivity contribution < 1.29 is 14.3 Å². The Balaban J connectivity index is 1.21. The van der Waals surface area contributed by atoms with Crippen LogP contribution in [0, 0.1) is 11.8 Å². The molecule has 1 atom stereocenters. The van der Waals surface area contributed by atoms with E-state index in [0.717, 1.165) is 25.6 Å². The molecule has 4 rings (SSSR count). The quantitative estimate of drug-likeness (QED) is 0.735. The number of aromatic nitrogens is 2. The van der Waals surface area contributed by atoms with Crippen LogP contribution in [-0.4, -0.2) is 83.4 Å². The summed E-state index contributed by atoms with van der Waals surface area (Å²) in [6.07, 6.45) is 8.21. The van der Waals surface area contributed by atoms with E-state index in [0.29, 0.717) is 24.6 Å². The summed E-state index contributed by atoms with van der Waals surface area (Å²) in [5, 5.41) is 6.90. The van der Waals surface area contributed by atoms with E-state index < -0.39 is 0 Å². The van der Waals surface area contributed by atoms with E-state index in [1.807, 2.05) is 4.90 Å². The van der Waals surface area contributed by atoms with Crippen molar-refractivity contribution in [2.75, 3.05) is 45.9 Å². The third-order valence-corrected chi connectivity index (χ3v) is 6.08. The molecule has 2 aliphatic heterocycles. The number of nitrogens with one attached hydrogen (secondary N) is 1. The maximum Gasteiger partial charge on any atom is 0.254 e. The Labute approximate surface area is 166 Å². The van der Waals surface area contributed by atoms with Gasteiger partial charge >= 0.3 is 0 Å². The molecule has 1 aliphatic carbocycles. The lowest BCUT2D eigenvalue weighted by Crippen LogP contribution is -2.52. The van der Waals surface area contributed by atoms with Crippen LogP contribution in [0.5, 0.6) is 0 Å². The molecule has 1 aromatic rings. The molecule has 1 aromatic heterocycles. The van der Waals surface area contributed by atoms with E-state index in [2.05, 4.69) is 15.3 Å². The highest BCUT2D eigenvalue weighted by Gasteiger charge is 2.31. The average Bonchev–Trinajstić information content (AvgIpc) is 3.40. The Bertz CT molecular complexity index is 694. The second-order valence-corrected chi connectivity index (χ2v) is 8.53. The van der Waals surface area contributed by atoms with Crippen molar-refractivity contribution >= 4 is 11.8 Å². The lowest BCUT2D eigenvalue weighted by molar-refractivity contribution is -0.149. The predicted molar refractivity (Wildman–Crippen MR) is 104 cm³/mol. The van der Waals surface area contributed by atoms with Crippen LogP contribution < -0.4 is 5.32 Å². The van der Waals surface area contributed by atoms with Gasteiger partial charge in [0, 0.05) is 39.4 Å². The number of amides is 2. The van der Waals surface area contributed by atoms with E-state index in [4.69, 9.17) is 4.74 Å². The third kappa shape index (κ3) is 5.11. The zero-order chi connectivity index (χ0) is 19.5. The Kier molecular flexibility index (Phi) is 5.96. The molecule has 3 aliphatic rings. The number of ether oxygens (including phenoxy) is 1. The zero-order valence-electron chi connectivity index (χ0n) is 16.7. The molecule has 0 unspecified atom stereocenters. The van der Waals surface area contributed by atoms with Crippen molar-refractivity contribution in [2.24, 2.45) is 18.9 Å². The van der Waals surface area contributed by atoms with Crippen LogP contribution in [-0.2, 0) is 16.6 Å². The third-order valence-electron chi connectivity index (χ3n) is 6.08. The number of nitrogens with zero attached hydrogens (tertiary/aromatic N) is 4. The van der Waals surface area contributed by atoms with E-state index in [1.165, 1.54) is 32.2 Å². The van der Waals surface area contributed by atoms with Gasteiger partial charge in [-0.1, -0.05) is 0 Å². The number of carbonyl (C=O) groups excluding carboxylic acids is 2. The number of aryl methyl sites for hydroxylation is 1. The highest BCUT2D eigenvalue weighted by Crippen LogP contribution is 2.31. The summed E-state index contributed by atoms with van der Waals surface area (Å²) < 4.78 is 7.23. The lowest BCUT2D eigenvalue weighted by atomic mass is 9.95. The smallest absolute Gasteiger partial charge is 0.254 e. The fourth-order valence-electron chi connectivity index (χ4n) is 4.16. The Morgan fingerprint density at radius 1 is 1.21 bits per heavy atom. The van der Waals surface area contributed by atoms with Gasteiger partial charge in [0.25, 0.3) is 5.91 Å². The molecule has 0 bridgehead atoms. The second kappa shape index (κ2) is 8.61. The molecule has 3 fully saturated rings. The van der Waals surface area contributed by atoms with Crippen molar-refractivity contribution in [3.63, 3.8) is 0 Å². The molecule has 0 radical (unpaired) electrons. The van der Waals surface area contributed by atoms with Crippen LogP contribution in [0.25, 0.3) is 0 Å². The van der Waals surface area contributed by atoms with Crippen LogP contribution in [0.15, 0.2) is 12.4 Å². The van der Waals surface area contributed by atoms with Gasteiger partial charge in [0.2, 0.25) is 5.91 Å². The van der Waals surface area contributed by atoms with Crippen LogP contribution in [0.1, 0.15) is 36.0 Å². The molecule has 2 amide bonds. The minimum absolute atomic E-state index is 0.0650. The molecular formula is C20H31N5O3. The molecule has 1 saturated carbocycles. The summed E-state index contributed by atoms with van der Waals surface area (Å²) in [6.45, 7) is 5.45. The molecule has 154 valence electrons. The van der Waals surface area contributed by atoms with Crippen LogP contribution in [0.2, 0.25) is 0 Å². The normalized spacial score (nSPS) is 24.5. The molecule has 3 heterocycles. The number of likely N-dealkylation sites (tertiary alicyclic amines) is 1. The summed E-state index contributed by atoms with van der Waals surface area (Å²) in [6, 6.07) is 0. The lowest BCUT2D eigenvalue weighted by Gasteiger charge is -2.38. The standard InChI is InChI=1S/C20H31N5O3/c1-23-12-17(8-22-23)20(27)21-9-18-13-25(19(26)14-28-18)11-16-4-6-24(7-5-16)10-15-2-3-15/h8,12,15-16,18H,2-7,9-11,13-14H2,1H3,(H,21,27)/t18-/m0/s1. The van der Waals surface area contributed by atoms with Crippen molar-refractivity contribution in [2.45, 2.75) is 31.8 Å². The minimum atomic E-state index is -0.164. The van der Waals surface area contributed by atoms with Gasteiger partial charge in [0.05, 0.1) is 17.9 Å². The van der Waals surface area contributed by atoms with Gasteiger partial charge in [-0.25, -0.2) is 0 Å². The van der Waals surface area contributed by atoms with Crippen LogP contribution >= 0.6 is 0 Å². The number of morpholine rings is 1. The molecule has 1 N–H and O–H groups in total. The van der Waals surface area contributed by atoms with Gasteiger partial charge in [-0.05, 0) is 50.6 Å². The molecule has 8 heteroatoms. The fraction of sp³-hybridized carbons (Fsp3) is 0.750. The molecule has 0 spiro atoms. The molecular weight excluding hydrogens is 358 g/mol. The summed E-state index contributed by atoms with van der Waals surface area (Å²) in [5.74, 6) is 1.42. The monoisotopic (exact) mass is 389 g/mol. The number of hydrogen-bond donors (Lipinski definition) is 1. The highest BCUT2D eigenvalue weighted by atomic mass is 16.5. The first-order valence-corrected chi connectivity index (χ1v) is 10.5. The van der Waals surface area contributed by atoms with Gasteiger partial charge in [-0.15, -0.1) is 0 Å². The Morgan fingerprint density at radius 2 is 1.96 bits per heavy atom. The fourth-order valence-corrected chi connectivity index (χ4v) is 4.16. The highest BCUT2D eigenvalue weighted by molar-refractivity contribution is 5.93. The summed E-state index contributed by atoms with van der Waals surface area (Å²) in [5.41, 5.74) is 0.532. The van der Waals surface area contributed by atoms with Crippen LogP contribution in [0.3, 0.4) is 0 Å². The summed E-state index contributed by atoms with van der Waals surface area (Å²) >= 11 is 0. The Morgan fingerprint density at radius 3 is 2.64 bits per heavy atom. The van der Waals surface area contributed by atoms with Gasteiger partial charge < -0.3 is 19.9 Å². The summed E-state index contributed by atoms with van der Waals surface area (Å²) in [7, 11) is 1.78. The average molecular weight is 390 g/mol. The van der Waals surface area contributed by atoms with Gasteiger partial charge in [-0.3, -0.25) is 14.3 Å². The maximum atomic E-state index is 12.3. The number of piperidine rings is 1. The first-order chi connectivity index (χ1) is 13.6. The molecule has 8 nitrogen and oxygen atoms in total. The number of hydrogen-bond acceptors (Lipinski definition) is 5. The van der Waals surface area contributed by atoms with Gasteiger partial charge in [-0.2, -0.15) is 5.10 Å². The number of carbonyl (C=O) groups is 2. The second-order valence-electron chi connectivity index (χ2n) is 8.53. The topological polar surface area (TPSA) is 79.7 Å². The Hall–Kier alpha value is -1.93. The number of rotatable bonds is 7. The zero-order valence-corrected chi connectivity index (χ0v) is 16.7. The molecule has 2 saturated heterocycles. The first-order valence-electron chi connectivity index (χ1n) is 10.5. The van der Waals surface area contributed by atoms with E-state index in [9.17, 15) is 9.59 Å². The van der Waals surface area contributed by atoms with Crippen LogP contribution in [0.4, 0.5) is 0 Å². The first kappa shape index (κ1) is 19.4. The summed E-state index contributed by atoms with van der Waals surface area (Å²) in [4.78, 5) is 29.0. The predicted octanol–water partition coefficient (Wildman–Crippen LogP) is 0.499. The van der Waals surface area contributed by atoms with Crippen molar-refractivity contribution in [1.29, 1.82) is 0 Å². The van der Waals surface area contributed by atoms with Gasteiger partial charge in [0.15, 0.2) is 0 Å². The minimum Gasteiger partial charge on any atom is -0.365 e. The van der Waals surface area contributed by atoms with Crippen molar-refractivity contribution in [1.82, 2.24) is 24.9 Å². The largest absolute Gasteiger partial charge is 0.365 e.